The van der Waals surface area contributed by atoms with E-state index in [0.717, 1.165) is 62.9 Å². The minimum Gasteiger partial charge on any atom is -0.379 e. The molecule has 1 amide bonds. The fraction of sp³-hybridized carbons (Fsp3) is 0.458. The summed E-state index contributed by atoms with van der Waals surface area (Å²) in [4.78, 5) is 17.4. The SMILES string of the molecule is CC1CN(c2ccc(NC(=O)c3cccc(CN4CCOCC4)c3)cc2)CC(C)O1. The third-order valence-electron chi connectivity index (χ3n) is 5.61. The van der Waals surface area contributed by atoms with Crippen LogP contribution in [0, 0.1) is 0 Å². The van der Waals surface area contributed by atoms with E-state index in [1.807, 2.05) is 30.3 Å². The standard InChI is InChI=1S/C24H31N3O3/c1-18-15-27(16-19(2)30-18)23-8-6-22(7-9-23)25-24(28)21-5-3-4-20(14-21)17-26-10-12-29-13-11-26/h3-9,14,18-19H,10-13,15-17H2,1-2H3,(H,25,28). The summed E-state index contributed by atoms with van der Waals surface area (Å²) in [5, 5.41) is 3.02. The topological polar surface area (TPSA) is 54.0 Å². The molecule has 6 nitrogen and oxygen atoms in total. The van der Waals surface area contributed by atoms with Crippen LogP contribution in [0.25, 0.3) is 0 Å². The van der Waals surface area contributed by atoms with Gasteiger partial charge in [0.1, 0.15) is 0 Å². The Hall–Kier alpha value is -2.41. The number of anilines is 2. The average molecular weight is 410 g/mol. The third kappa shape index (κ3) is 5.39. The van der Waals surface area contributed by atoms with Gasteiger partial charge in [-0.05, 0) is 55.8 Å². The number of nitrogens with zero attached hydrogens (tertiary/aromatic N) is 2. The first-order valence-corrected chi connectivity index (χ1v) is 10.8. The van der Waals surface area contributed by atoms with Crippen LogP contribution in [0.1, 0.15) is 29.8 Å². The highest BCUT2D eigenvalue weighted by Crippen LogP contribution is 2.23. The second-order valence-corrected chi connectivity index (χ2v) is 8.25. The molecule has 0 aliphatic carbocycles. The number of rotatable bonds is 5. The molecule has 6 heteroatoms. The molecule has 0 bridgehead atoms. The third-order valence-corrected chi connectivity index (χ3v) is 5.61. The van der Waals surface area contributed by atoms with Gasteiger partial charge in [0.25, 0.3) is 5.91 Å². The van der Waals surface area contributed by atoms with E-state index in [2.05, 4.69) is 47.2 Å². The van der Waals surface area contributed by atoms with Gasteiger partial charge in [-0.1, -0.05) is 12.1 Å². The van der Waals surface area contributed by atoms with Crippen molar-refractivity contribution >= 4 is 17.3 Å². The number of benzene rings is 2. The number of carbonyl (C=O) groups excluding carboxylic acids is 1. The van der Waals surface area contributed by atoms with E-state index >= 15 is 0 Å². The summed E-state index contributed by atoms with van der Waals surface area (Å²) in [7, 11) is 0. The van der Waals surface area contributed by atoms with Crippen LogP contribution in [-0.4, -0.2) is 62.4 Å². The van der Waals surface area contributed by atoms with E-state index in [-0.39, 0.29) is 18.1 Å². The van der Waals surface area contributed by atoms with Crippen molar-refractivity contribution in [2.45, 2.75) is 32.6 Å². The van der Waals surface area contributed by atoms with Gasteiger partial charge in [-0.15, -0.1) is 0 Å². The lowest BCUT2D eigenvalue weighted by molar-refractivity contribution is -0.00521. The fourth-order valence-electron chi connectivity index (χ4n) is 4.18. The van der Waals surface area contributed by atoms with Crippen LogP contribution in [0.5, 0.6) is 0 Å². The lowest BCUT2D eigenvalue weighted by atomic mass is 10.1. The molecule has 0 spiro atoms. The van der Waals surface area contributed by atoms with Crippen molar-refractivity contribution in [3.05, 3.63) is 59.7 Å². The average Bonchev–Trinajstić information content (AvgIpc) is 2.74. The Labute approximate surface area is 178 Å². The maximum atomic E-state index is 12.8. The van der Waals surface area contributed by atoms with Gasteiger partial charge < -0.3 is 19.7 Å². The van der Waals surface area contributed by atoms with Crippen molar-refractivity contribution in [3.63, 3.8) is 0 Å². The van der Waals surface area contributed by atoms with Gasteiger partial charge in [-0.2, -0.15) is 0 Å². The first kappa shape index (κ1) is 20.8. The Kier molecular flexibility index (Phi) is 6.67. The zero-order valence-electron chi connectivity index (χ0n) is 17.8. The van der Waals surface area contributed by atoms with Crippen molar-refractivity contribution in [1.82, 2.24) is 4.90 Å². The summed E-state index contributed by atoms with van der Waals surface area (Å²) in [5.74, 6) is -0.0832. The molecule has 2 aromatic rings. The number of ether oxygens (including phenoxy) is 2. The van der Waals surface area contributed by atoms with Crippen LogP contribution in [0.15, 0.2) is 48.5 Å². The van der Waals surface area contributed by atoms with Gasteiger partial charge in [-0.3, -0.25) is 9.69 Å². The molecule has 2 aliphatic rings. The molecule has 2 heterocycles. The second-order valence-electron chi connectivity index (χ2n) is 8.25. The number of hydrogen-bond donors (Lipinski definition) is 1. The van der Waals surface area contributed by atoms with E-state index < -0.39 is 0 Å². The van der Waals surface area contributed by atoms with E-state index in [1.54, 1.807) is 0 Å². The minimum absolute atomic E-state index is 0.0832. The van der Waals surface area contributed by atoms with Gasteiger partial charge >= 0.3 is 0 Å². The van der Waals surface area contributed by atoms with Gasteiger partial charge in [0.05, 0.1) is 25.4 Å². The van der Waals surface area contributed by atoms with Crippen molar-refractivity contribution in [3.8, 4) is 0 Å². The molecule has 4 rings (SSSR count). The highest BCUT2D eigenvalue weighted by molar-refractivity contribution is 6.04. The Balaban J connectivity index is 1.37. The van der Waals surface area contributed by atoms with Crippen molar-refractivity contribution < 1.29 is 14.3 Å². The van der Waals surface area contributed by atoms with Crippen molar-refractivity contribution in [2.75, 3.05) is 49.6 Å². The molecule has 0 radical (unpaired) electrons. The molecule has 2 atom stereocenters. The molecule has 2 aliphatic heterocycles. The quantitative estimate of drug-likeness (QED) is 0.821. The van der Waals surface area contributed by atoms with Gasteiger partial charge in [0.2, 0.25) is 0 Å². The summed E-state index contributed by atoms with van der Waals surface area (Å²) >= 11 is 0. The maximum Gasteiger partial charge on any atom is 0.255 e. The summed E-state index contributed by atoms with van der Waals surface area (Å²) in [6.07, 6.45) is 0.440. The zero-order chi connectivity index (χ0) is 20.9. The highest BCUT2D eigenvalue weighted by atomic mass is 16.5. The van der Waals surface area contributed by atoms with E-state index in [4.69, 9.17) is 9.47 Å². The van der Waals surface area contributed by atoms with Gasteiger partial charge in [-0.25, -0.2) is 0 Å². The van der Waals surface area contributed by atoms with Crippen LogP contribution < -0.4 is 10.2 Å². The molecule has 1 N–H and O–H groups in total. The first-order chi connectivity index (χ1) is 14.6. The summed E-state index contributed by atoms with van der Waals surface area (Å²) in [6, 6.07) is 15.9. The van der Waals surface area contributed by atoms with Crippen LogP contribution in [0.4, 0.5) is 11.4 Å². The van der Waals surface area contributed by atoms with Gasteiger partial charge in [0.15, 0.2) is 0 Å². The molecular formula is C24H31N3O3. The lowest BCUT2D eigenvalue weighted by Crippen LogP contribution is -2.45. The molecule has 0 aromatic heterocycles. The van der Waals surface area contributed by atoms with Gasteiger partial charge in [0, 0.05) is 49.7 Å². The molecule has 2 fully saturated rings. The van der Waals surface area contributed by atoms with Crippen LogP contribution in [0.3, 0.4) is 0 Å². The van der Waals surface area contributed by atoms with Crippen molar-refractivity contribution in [2.24, 2.45) is 0 Å². The molecule has 2 aromatic carbocycles. The van der Waals surface area contributed by atoms with E-state index in [9.17, 15) is 4.79 Å². The maximum absolute atomic E-state index is 12.8. The van der Waals surface area contributed by atoms with Crippen molar-refractivity contribution in [1.29, 1.82) is 0 Å². The summed E-state index contributed by atoms with van der Waals surface area (Å²) < 4.78 is 11.2. The number of morpholine rings is 2. The van der Waals surface area contributed by atoms with Crippen LogP contribution in [0.2, 0.25) is 0 Å². The molecule has 160 valence electrons. The Morgan fingerprint density at radius 3 is 2.43 bits per heavy atom. The fourth-order valence-corrected chi connectivity index (χ4v) is 4.18. The lowest BCUT2D eigenvalue weighted by Gasteiger charge is -2.36. The Bertz CT molecular complexity index is 839. The number of amides is 1. The van der Waals surface area contributed by atoms with E-state index in [1.165, 1.54) is 0 Å². The van der Waals surface area contributed by atoms with Crippen LogP contribution in [-0.2, 0) is 16.0 Å². The van der Waals surface area contributed by atoms with Crippen LogP contribution >= 0.6 is 0 Å². The molecule has 0 saturated carbocycles. The smallest absolute Gasteiger partial charge is 0.255 e. The summed E-state index contributed by atoms with van der Waals surface area (Å²) in [5.41, 5.74) is 3.79. The van der Waals surface area contributed by atoms with E-state index in [0.29, 0.717) is 5.56 Å². The Morgan fingerprint density at radius 2 is 1.73 bits per heavy atom. The molecule has 2 saturated heterocycles. The number of carbonyl (C=O) groups is 1. The number of hydrogen-bond acceptors (Lipinski definition) is 5. The second kappa shape index (κ2) is 9.60. The molecular weight excluding hydrogens is 378 g/mol. The normalized spacial score (nSPS) is 22.7. The largest absolute Gasteiger partial charge is 0.379 e. The first-order valence-electron chi connectivity index (χ1n) is 10.8. The number of nitrogens with one attached hydrogen (secondary N) is 1. The highest BCUT2D eigenvalue weighted by Gasteiger charge is 2.22. The monoisotopic (exact) mass is 409 g/mol. The predicted octanol–water partition coefficient (Wildman–Crippen LogP) is 3.38. The zero-order valence-corrected chi connectivity index (χ0v) is 17.8. The minimum atomic E-state index is -0.0832. The predicted molar refractivity (Wildman–Crippen MR) is 119 cm³/mol. The Morgan fingerprint density at radius 1 is 1.03 bits per heavy atom. The summed E-state index contributed by atoms with van der Waals surface area (Å²) in [6.45, 7) is 10.2. The molecule has 30 heavy (non-hydrogen) atoms. The molecule has 2 unspecified atom stereocenters.